The molecular weight excluding hydrogens is 382 g/mol. The fraction of sp³-hybridized carbons (Fsp3) is 0.857. The summed E-state index contributed by atoms with van der Waals surface area (Å²) in [5.41, 5.74) is 0. The molecule has 1 aromatic heterocycles. The lowest BCUT2D eigenvalue weighted by Gasteiger charge is -2.37. The summed E-state index contributed by atoms with van der Waals surface area (Å²) in [5, 5.41) is 12.1. The highest BCUT2D eigenvalue weighted by Gasteiger charge is 2.32. The number of carbonyl (C=O) groups excluding carboxylic acids is 2. The van der Waals surface area contributed by atoms with Gasteiger partial charge in [-0.1, -0.05) is 19.8 Å². The van der Waals surface area contributed by atoms with Crippen molar-refractivity contribution in [2.75, 3.05) is 32.7 Å². The van der Waals surface area contributed by atoms with Crippen molar-refractivity contribution in [3.8, 4) is 0 Å². The van der Waals surface area contributed by atoms with Crippen LogP contribution in [0.1, 0.15) is 64.1 Å². The summed E-state index contributed by atoms with van der Waals surface area (Å²) in [4.78, 5) is 31.3. The molecule has 0 aromatic carbocycles. The number of aryl methyl sites for hydroxylation is 1. The SMILES string of the molecule is CC1CCN(Cc2nnnn2CCCC(=O)N2CCN(C3CCCC3)C(=O)C2)CC1. The highest BCUT2D eigenvalue weighted by Crippen LogP contribution is 2.25. The Bertz CT molecular complexity index is 723. The van der Waals surface area contributed by atoms with Gasteiger partial charge in [-0.15, -0.1) is 5.10 Å². The van der Waals surface area contributed by atoms with E-state index in [-0.39, 0.29) is 18.4 Å². The lowest BCUT2D eigenvalue weighted by Crippen LogP contribution is -2.54. The van der Waals surface area contributed by atoms with E-state index < -0.39 is 0 Å². The number of likely N-dealkylation sites (tertiary alicyclic amines) is 1. The molecule has 3 heterocycles. The molecule has 0 bridgehead atoms. The molecule has 0 unspecified atom stereocenters. The maximum Gasteiger partial charge on any atom is 0.242 e. The van der Waals surface area contributed by atoms with Gasteiger partial charge < -0.3 is 9.80 Å². The molecule has 2 saturated heterocycles. The van der Waals surface area contributed by atoms with Gasteiger partial charge in [0.25, 0.3) is 0 Å². The van der Waals surface area contributed by atoms with Crippen LogP contribution in [0.15, 0.2) is 0 Å². The van der Waals surface area contributed by atoms with Gasteiger partial charge in [0, 0.05) is 32.1 Å². The molecule has 3 fully saturated rings. The summed E-state index contributed by atoms with van der Waals surface area (Å²) >= 11 is 0. The van der Waals surface area contributed by atoms with Crippen LogP contribution in [0.25, 0.3) is 0 Å². The topological polar surface area (TPSA) is 87.5 Å². The number of carbonyl (C=O) groups is 2. The van der Waals surface area contributed by atoms with Crippen molar-refractivity contribution >= 4 is 11.8 Å². The smallest absolute Gasteiger partial charge is 0.242 e. The molecule has 1 saturated carbocycles. The van der Waals surface area contributed by atoms with Crippen LogP contribution in [0.5, 0.6) is 0 Å². The van der Waals surface area contributed by atoms with Crippen LogP contribution >= 0.6 is 0 Å². The molecule has 4 rings (SSSR count). The molecule has 1 aromatic rings. The van der Waals surface area contributed by atoms with Crippen molar-refractivity contribution in [3.63, 3.8) is 0 Å². The van der Waals surface area contributed by atoms with Crippen LogP contribution in [0.2, 0.25) is 0 Å². The maximum absolute atomic E-state index is 12.6. The molecule has 30 heavy (non-hydrogen) atoms. The van der Waals surface area contributed by atoms with Crippen LogP contribution in [0.4, 0.5) is 0 Å². The van der Waals surface area contributed by atoms with Crippen molar-refractivity contribution in [1.29, 1.82) is 0 Å². The van der Waals surface area contributed by atoms with Crippen LogP contribution < -0.4 is 0 Å². The number of tetrazole rings is 1. The normalized spacial score (nSPS) is 22.2. The lowest BCUT2D eigenvalue weighted by atomic mass is 9.99. The Hall–Kier alpha value is -2.03. The second-order valence-corrected chi connectivity index (χ2v) is 9.22. The van der Waals surface area contributed by atoms with Gasteiger partial charge in [0.05, 0.1) is 13.1 Å². The summed E-state index contributed by atoms with van der Waals surface area (Å²) < 4.78 is 1.83. The number of hydrogen-bond donors (Lipinski definition) is 0. The molecule has 3 aliphatic rings. The summed E-state index contributed by atoms with van der Waals surface area (Å²) in [5.74, 6) is 1.85. The van der Waals surface area contributed by atoms with Gasteiger partial charge in [0.2, 0.25) is 11.8 Å². The number of amides is 2. The van der Waals surface area contributed by atoms with Gasteiger partial charge in [-0.25, -0.2) is 4.68 Å². The van der Waals surface area contributed by atoms with Gasteiger partial charge in [-0.2, -0.15) is 0 Å². The second kappa shape index (κ2) is 9.85. The molecule has 2 amide bonds. The summed E-state index contributed by atoms with van der Waals surface area (Å²) in [6.07, 6.45) is 8.23. The van der Waals surface area contributed by atoms with E-state index in [1.165, 1.54) is 25.7 Å². The standard InChI is InChI=1S/C21H35N7O2/c1-17-8-11-25(12-9-17)15-19-22-23-24-28(19)10-4-7-20(29)26-13-14-27(21(30)16-26)18-5-2-3-6-18/h17-18H,2-16H2,1H3. The average Bonchev–Trinajstić information content (AvgIpc) is 3.42. The predicted molar refractivity (Wildman–Crippen MR) is 111 cm³/mol. The van der Waals surface area contributed by atoms with E-state index in [2.05, 4.69) is 27.3 Å². The Balaban J connectivity index is 1.20. The summed E-state index contributed by atoms with van der Waals surface area (Å²) in [6.45, 7) is 7.46. The second-order valence-electron chi connectivity index (χ2n) is 9.22. The Morgan fingerprint density at radius 2 is 1.83 bits per heavy atom. The van der Waals surface area contributed by atoms with Crippen molar-refractivity contribution in [1.82, 2.24) is 34.9 Å². The first-order valence-electron chi connectivity index (χ1n) is 11.6. The van der Waals surface area contributed by atoms with Crippen molar-refractivity contribution in [2.24, 2.45) is 5.92 Å². The number of aromatic nitrogens is 4. The average molecular weight is 418 g/mol. The molecule has 166 valence electrons. The van der Waals surface area contributed by atoms with E-state index in [9.17, 15) is 9.59 Å². The number of piperidine rings is 1. The number of hydrogen-bond acceptors (Lipinski definition) is 6. The highest BCUT2D eigenvalue weighted by atomic mass is 16.2. The summed E-state index contributed by atoms with van der Waals surface area (Å²) in [6, 6.07) is 0.399. The Morgan fingerprint density at radius 3 is 2.57 bits per heavy atom. The first-order valence-corrected chi connectivity index (χ1v) is 11.6. The van der Waals surface area contributed by atoms with E-state index in [1.54, 1.807) is 4.90 Å². The molecule has 0 radical (unpaired) electrons. The van der Waals surface area contributed by atoms with Gasteiger partial charge in [-0.3, -0.25) is 14.5 Å². The minimum Gasteiger partial charge on any atom is -0.336 e. The molecule has 0 atom stereocenters. The van der Waals surface area contributed by atoms with Crippen molar-refractivity contribution in [2.45, 2.75) is 77.4 Å². The minimum atomic E-state index is 0.0639. The monoisotopic (exact) mass is 417 g/mol. The molecular formula is C21H35N7O2. The molecule has 1 aliphatic carbocycles. The fourth-order valence-corrected chi connectivity index (χ4v) is 4.97. The zero-order valence-corrected chi connectivity index (χ0v) is 18.2. The van der Waals surface area contributed by atoms with E-state index in [0.29, 0.717) is 38.5 Å². The van der Waals surface area contributed by atoms with Crippen LogP contribution in [0.3, 0.4) is 0 Å². The van der Waals surface area contributed by atoms with Crippen LogP contribution in [0, 0.1) is 5.92 Å². The zero-order chi connectivity index (χ0) is 20.9. The van der Waals surface area contributed by atoms with Gasteiger partial charge in [0.1, 0.15) is 0 Å². The first kappa shape index (κ1) is 21.2. The number of piperazine rings is 1. The summed E-state index contributed by atoms with van der Waals surface area (Å²) in [7, 11) is 0. The molecule has 0 N–H and O–H groups in total. The third-order valence-electron chi connectivity index (χ3n) is 6.98. The quantitative estimate of drug-likeness (QED) is 0.665. The first-order chi connectivity index (χ1) is 14.6. The Morgan fingerprint density at radius 1 is 1.07 bits per heavy atom. The largest absolute Gasteiger partial charge is 0.336 e. The zero-order valence-electron chi connectivity index (χ0n) is 18.2. The van der Waals surface area contributed by atoms with E-state index in [4.69, 9.17) is 0 Å². The van der Waals surface area contributed by atoms with Gasteiger partial charge in [0.15, 0.2) is 5.82 Å². The highest BCUT2D eigenvalue weighted by molar-refractivity contribution is 5.86. The number of rotatable bonds is 7. The molecule has 0 spiro atoms. The van der Waals surface area contributed by atoms with Gasteiger partial charge in [-0.05, 0) is 61.5 Å². The molecule has 9 nitrogen and oxygen atoms in total. The van der Waals surface area contributed by atoms with Crippen molar-refractivity contribution in [3.05, 3.63) is 5.82 Å². The number of nitrogens with zero attached hydrogens (tertiary/aromatic N) is 7. The van der Waals surface area contributed by atoms with Crippen LogP contribution in [-0.2, 0) is 22.7 Å². The lowest BCUT2D eigenvalue weighted by molar-refractivity contribution is -0.147. The maximum atomic E-state index is 12.6. The van der Waals surface area contributed by atoms with E-state index in [1.807, 2.05) is 9.58 Å². The predicted octanol–water partition coefficient (Wildman–Crippen LogP) is 1.30. The molecule has 9 heteroatoms. The minimum absolute atomic E-state index is 0.0639. The Kier molecular flexibility index (Phi) is 6.97. The van der Waals surface area contributed by atoms with E-state index >= 15 is 0 Å². The Labute approximate surface area is 178 Å². The van der Waals surface area contributed by atoms with Crippen molar-refractivity contribution < 1.29 is 9.59 Å². The van der Waals surface area contributed by atoms with Crippen LogP contribution in [-0.4, -0.2) is 85.5 Å². The fourth-order valence-electron chi connectivity index (χ4n) is 4.97. The van der Waals surface area contributed by atoms with Gasteiger partial charge >= 0.3 is 0 Å². The third-order valence-corrected chi connectivity index (χ3v) is 6.98. The van der Waals surface area contributed by atoms with E-state index in [0.717, 1.165) is 44.2 Å². The third kappa shape index (κ3) is 5.17. The molecule has 2 aliphatic heterocycles.